The summed E-state index contributed by atoms with van der Waals surface area (Å²) in [6, 6.07) is 0.0750. The van der Waals surface area contributed by atoms with Crippen molar-refractivity contribution >= 4 is 5.97 Å². The molecule has 0 saturated heterocycles. The van der Waals surface area contributed by atoms with Crippen molar-refractivity contribution < 1.29 is 9.90 Å². The second kappa shape index (κ2) is 6.16. The van der Waals surface area contributed by atoms with Crippen molar-refractivity contribution in [3.8, 4) is 0 Å². The van der Waals surface area contributed by atoms with Crippen LogP contribution in [0.15, 0.2) is 0 Å². The van der Waals surface area contributed by atoms with E-state index in [0.717, 1.165) is 19.3 Å². The van der Waals surface area contributed by atoms with Gasteiger partial charge >= 0.3 is 5.97 Å². The minimum absolute atomic E-state index is 0.0750. The quantitative estimate of drug-likeness (QED) is 0.615. The van der Waals surface area contributed by atoms with Crippen molar-refractivity contribution in [2.75, 3.05) is 0 Å². The van der Waals surface area contributed by atoms with E-state index in [4.69, 9.17) is 10.8 Å². The van der Waals surface area contributed by atoms with Crippen molar-refractivity contribution in [3.05, 3.63) is 0 Å². The SMILES string of the molecule is CCCCC(N)CCC(=O)O. The Labute approximate surface area is 67.6 Å². The van der Waals surface area contributed by atoms with E-state index in [0.29, 0.717) is 6.42 Å². The second-order valence-corrected chi connectivity index (χ2v) is 2.83. The maximum Gasteiger partial charge on any atom is 0.303 e. The average molecular weight is 159 g/mol. The molecule has 0 aliphatic carbocycles. The fourth-order valence-corrected chi connectivity index (χ4v) is 0.920. The van der Waals surface area contributed by atoms with Gasteiger partial charge in [0.1, 0.15) is 0 Å². The summed E-state index contributed by atoms with van der Waals surface area (Å²) in [6.07, 6.45) is 3.98. The third kappa shape index (κ3) is 7.33. The van der Waals surface area contributed by atoms with Gasteiger partial charge in [-0.05, 0) is 12.8 Å². The molecule has 3 heteroatoms. The van der Waals surface area contributed by atoms with E-state index in [1.807, 2.05) is 0 Å². The van der Waals surface area contributed by atoms with Gasteiger partial charge < -0.3 is 10.8 Å². The van der Waals surface area contributed by atoms with Gasteiger partial charge in [0, 0.05) is 12.5 Å². The molecule has 0 aliphatic heterocycles. The number of carboxylic acid groups (broad SMARTS) is 1. The van der Waals surface area contributed by atoms with Gasteiger partial charge in [-0.1, -0.05) is 19.8 Å². The van der Waals surface area contributed by atoms with E-state index >= 15 is 0 Å². The molecule has 0 aliphatic rings. The topological polar surface area (TPSA) is 63.3 Å². The van der Waals surface area contributed by atoms with Crippen molar-refractivity contribution in [1.82, 2.24) is 0 Å². The molecule has 0 aromatic rings. The number of carbonyl (C=O) groups is 1. The summed E-state index contributed by atoms with van der Waals surface area (Å²) in [5, 5.41) is 8.33. The number of carboxylic acids is 1. The lowest BCUT2D eigenvalue weighted by molar-refractivity contribution is -0.137. The fourth-order valence-electron chi connectivity index (χ4n) is 0.920. The van der Waals surface area contributed by atoms with Crippen molar-refractivity contribution in [3.63, 3.8) is 0 Å². The molecule has 0 rings (SSSR count). The van der Waals surface area contributed by atoms with Crippen LogP contribution in [0.3, 0.4) is 0 Å². The lowest BCUT2D eigenvalue weighted by Gasteiger charge is -2.07. The maximum atomic E-state index is 10.1. The lowest BCUT2D eigenvalue weighted by Crippen LogP contribution is -2.20. The predicted molar refractivity (Wildman–Crippen MR) is 44.4 cm³/mol. The van der Waals surface area contributed by atoms with Gasteiger partial charge in [0.25, 0.3) is 0 Å². The molecular weight excluding hydrogens is 142 g/mol. The maximum absolute atomic E-state index is 10.1. The van der Waals surface area contributed by atoms with Gasteiger partial charge in [-0.15, -0.1) is 0 Å². The Morgan fingerprint density at radius 2 is 2.18 bits per heavy atom. The zero-order valence-corrected chi connectivity index (χ0v) is 7.05. The molecule has 0 radical (unpaired) electrons. The first kappa shape index (κ1) is 10.4. The van der Waals surface area contributed by atoms with E-state index in [2.05, 4.69) is 6.92 Å². The Balaban J connectivity index is 3.22. The summed E-state index contributed by atoms with van der Waals surface area (Å²) in [5.74, 6) is -0.753. The molecule has 0 spiro atoms. The summed E-state index contributed by atoms with van der Waals surface area (Å²) < 4.78 is 0. The van der Waals surface area contributed by atoms with Crippen molar-refractivity contribution in [1.29, 1.82) is 0 Å². The van der Waals surface area contributed by atoms with Crippen molar-refractivity contribution in [2.45, 2.75) is 45.1 Å². The van der Waals surface area contributed by atoms with Crippen LogP contribution in [0.4, 0.5) is 0 Å². The van der Waals surface area contributed by atoms with E-state index in [1.165, 1.54) is 0 Å². The number of unbranched alkanes of at least 4 members (excludes halogenated alkanes) is 1. The summed E-state index contributed by atoms with van der Waals surface area (Å²) in [5.41, 5.74) is 5.64. The molecule has 0 saturated carbocycles. The molecule has 3 N–H and O–H groups in total. The van der Waals surface area contributed by atoms with Crippen LogP contribution < -0.4 is 5.73 Å². The first-order valence-electron chi connectivity index (χ1n) is 4.14. The molecule has 3 nitrogen and oxygen atoms in total. The van der Waals surface area contributed by atoms with E-state index < -0.39 is 5.97 Å². The molecule has 0 amide bonds. The molecule has 1 atom stereocenters. The number of rotatable bonds is 6. The highest BCUT2D eigenvalue weighted by Gasteiger charge is 2.04. The summed E-state index contributed by atoms with van der Waals surface area (Å²) in [4.78, 5) is 10.1. The van der Waals surface area contributed by atoms with Crippen LogP contribution in [-0.4, -0.2) is 17.1 Å². The Bertz CT molecular complexity index is 115. The Hall–Kier alpha value is -0.570. The zero-order valence-electron chi connectivity index (χ0n) is 7.05. The summed E-state index contributed by atoms with van der Waals surface area (Å²) in [6.45, 7) is 2.10. The van der Waals surface area contributed by atoms with E-state index in [-0.39, 0.29) is 12.5 Å². The third-order valence-electron chi connectivity index (χ3n) is 1.66. The van der Waals surface area contributed by atoms with Crippen LogP contribution in [0, 0.1) is 0 Å². The Kier molecular flexibility index (Phi) is 5.84. The monoisotopic (exact) mass is 159 g/mol. The molecule has 0 fully saturated rings. The highest BCUT2D eigenvalue weighted by molar-refractivity contribution is 5.66. The molecule has 1 unspecified atom stereocenters. The third-order valence-corrected chi connectivity index (χ3v) is 1.66. The number of hydrogen-bond donors (Lipinski definition) is 2. The largest absolute Gasteiger partial charge is 0.481 e. The van der Waals surface area contributed by atoms with E-state index in [1.54, 1.807) is 0 Å². The van der Waals surface area contributed by atoms with Gasteiger partial charge in [0.05, 0.1) is 0 Å². The van der Waals surface area contributed by atoms with Gasteiger partial charge in [0.15, 0.2) is 0 Å². The molecule has 0 aromatic carbocycles. The smallest absolute Gasteiger partial charge is 0.303 e. The van der Waals surface area contributed by atoms with Crippen molar-refractivity contribution in [2.24, 2.45) is 5.73 Å². The zero-order chi connectivity index (χ0) is 8.69. The molecule has 66 valence electrons. The first-order valence-corrected chi connectivity index (χ1v) is 4.14. The van der Waals surface area contributed by atoms with Gasteiger partial charge in [0.2, 0.25) is 0 Å². The molecule has 0 aromatic heterocycles. The highest BCUT2D eigenvalue weighted by atomic mass is 16.4. The Morgan fingerprint density at radius 3 is 2.64 bits per heavy atom. The van der Waals surface area contributed by atoms with Crippen LogP contribution >= 0.6 is 0 Å². The number of hydrogen-bond acceptors (Lipinski definition) is 2. The van der Waals surface area contributed by atoms with Gasteiger partial charge in [-0.3, -0.25) is 4.79 Å². The van der Waals surface area contributed by atoms with Crippen LogP contribution in [-0.2, 0) is 4.79 Å². The number of nitrogens with two attached hydrogens (primary N) is 1. The van der Waals surface area contributed by atoms with Crippen LogP contribution in [0.1, 0.15) is 39.0 Å². The van der Waals surface area contributed by atoms with Crippen LogP contribution in [0.2, 0.25) is 0 Å². The van der Waals surface area contributed by atoms with Crippen LogP contribution in [0.25, 0.3) is 0 Å². The molecule has 0 heterocycles. The summed E-state index contributed by atoms with van der Waals surface area (Å²) in [7, 11) is 0. The first-order chi connectivity index (χ1) is 5.16. The Morgan fingerprint density at radius 1 is 1.55 bits per heavy atom. The lowest BCUT2D eigenvalue weighted by atomic mass is 10.1. The molecule has 11 heavy (non-hydrogen) atoms. The predicted octanol–water partition coefficient (Wildman–Crippen LogP) is 1.37. The normalized spacial score (nSPS) is 12.9. The average Bonchev–Trinajstić information content (AvgIpc) is 1.97. The van der Waals surface area contributed by atoms with Gasteiger partial charge in [-0.25, -0.2) is 0 Å². The molecule has 0 bridgehead atoms. The minimum atomic E-state index is -0.753. The van der Waals surface area contributed by atoms with Crippen LogP contribution in [0.5, 0.6) is 0 Å². The highest BCUT2D eigenvalue weighted by Crippen LogP contribution is 2.03. The second-order valence-electron chi connectivity index (χ2n) is 2.83. The van der Waals surface area contributed by atoms with Gasteiger partial charge in [-0.2, -0.15) is 0 Å². The number of aliphatic carboxylic acids is 1. The molecular formula is C8H17NO2. The fraction of sp³-hybridized carbons (Fsp3) is 0.875. The standard InChI is InChI=1S/C8H17NO2/c1-2-3-4-7(9)5-6-8(10)11/h7H,2-6,9H2,1H3,(H,10,11). The van der Waals surface area contributed by atoms with E-state index in [9.17, 15) is 4.79 Å². The summed E-state index contributed by atoms with van der Waals surface area (Å²) >= 11 is 0. The minimum Gasteiger partial charge on any atom is -0.481 e.